The van der Waals surface area contributed by atoms with E-state index in [0.717, 1.165) is 5.56 Å². The lowest BCUT2D eigenvalue weighted by Gasteiger charge is -2.16. The second-order valence-electron chi connectivity index (χ2n) is 7.80. The van der Waals surface area contributed by atoms with Crippen molar-refractivity contribution in [2.75, 3.05) is 5.32 Å². The number of benzene rings is 3. The Morgan fingerprint density at radius 1 is 1.06 bits per heavy atom. The van der Waals surface area contributed by atoms with Crippen molar-refractivity contribution < 1.29 is 13.9 Å². The molecule has 0 saturated heterocycles. The van der Waals surface area contributed by atoms with E-state index in [0.29, 0.717) is 33.3 Å². The molecule has 3 aromatic carbocycles. The van der Waals surface area contributed by atoms with Gasteiger partial charge in [0.25, 0.3) is 11.5 Å². The molecular weight excluding hydrogens is 433 g/mol. The molecule has 4 aromatic rings. The van der Waals surface area contributed by atoms with Crippen molar-refractivity contribution in [3.63, 3.8) is 0 Å². The van der Waals surface area contributed by atoms with Gasteiger partial charge in [-0.15, -0.1) is 0 Å². The average Bonchev–Trinajstić information content (AvgIpc) is 2.83. The number of hydrogen-bond acceptors (Lipinski definition) is 4. The zero-order chi connectivity index (χ0) is 24.4. The van der Waals surface area contributed by atoms with Crippen LogP contribution in [-0.2, 0) is 11.8 Å². The van der Waals surface area contributed by atoms with Crippen molar-refractivity contribution in [3.05, 3.63) is 101 Å². The van der Waals surface area contributed by atoms with E-state index in [1.54, 1.807) is 68.7 Å². The van der Waals surface area contributed by atoms with Crippen LogP contribution in [0.15, 0.2) is 83.8 Å². The number of pyridine rings is 1. The lowest BCUT2D eigenvalue weighted by atomic mass is 9.99. The Hall–Kier alpha value is -4.70. The standard InChI is InChI=1S/C27H20FN3O3/c1-16-8-10-25(23(28)12-16)34-24-11-9-18(30-26(32)17(2)14-29)13-21(24)22-15-31(3)27(33)20-7-5-4-6-19(20)22/h4-13,15H,2H2,1,3H3,(H,30,32). The number of nitrogens with zero attached hydrogens (tertiary/aromatic N) is 2. The molecule has 1 heterocycles. The Kier molecular flexibility index (Phi) is 5.98. The molecule has 0 saturated carbocycles. The molecule has 1 amide bonds. The van der Waals surface area contributed by atoms with Gasteiger partial charge in [0.1, 0.15) is 17.4 Å². The van der Waals surface area contributed by atoms with Gasteiger partial charge in [-0.2, -0.15) is 5.26 Å². The summed E-state index contributed by atoms with van der Waals surface area (Å²) in [6, 6.07) is 18.3. The maximum atomic E-state index is 14.6. The number of aromatic nitrogens is 1. The summed E-state index contributed by atoms with van der Waals surface area (Å²) in [5, 5.41) is 12.7. The second kappa shape index (κ2) is 9.04. The maximum absolute atomic E-state index is 14.6. The summed E-state index contributed by atoms with van der Waals surface area (Å²) in [4.78, 5) is 24.9. The minimum atomic E-state index is -0.642. The third-order valence-electron chi connectivity index (χ3n) is 5.33. The fourth-order valence-corrected chi connectivity index (χ4v) is 3.60. The van der Waals surface area contributed by atoms with Crippen LogP contribution in [0.1, 0.15) is 5.56 Å². The number of amides is 1. The van der Waals surface area contributed by atoms with Gasteiger partial charge in [-0.25, -0.2) is 4.39 Å². The second-order valence-corrected chi connectivity index (χ2v) is 7.80. The number of ether oxygens (including phenoxy) is 1. The first kappa shape index (κ1) is 22.5. The van der Waals surface area contributed by atoms with Crippen LogP contribution >= 0.6 is 0 Å². The highest BCUT2D eigenvalue weighted by atomic mass is 19.1. The zero-order valence-corrected chi connectivity index (χ0v) is 18.6. The van der Waals surface area contributed by atoms with Gasteiger partial charge >= 0.3 is 0 Å². The van der Waals surface area contributed by atoms with Gasteiger partial charge in [0.05, 0.1) is 0 Å². The van der Waals surface area contributed by atoms with Crippen LogP contribution in [0.3, 0.4) is 0 Å². The van der Waals surface area contributed by atoms with Crippen LogP contribution in [0.25, 0.3) is 21.9 Å². The Balaban J connectivity index is 1.92. The topological polar surface area (TPSA) is 84.1 Å². The first-order chi connectivity index (χ1) is 16.3. The predicted octanol–water partition coefficient (Wildman–Crippen LogP) is 5.46. The molecule has 1 N–H and O–H groups in total. The van der Waals surface area contributed by atoms with Crippen LogP contribution < -0.4 is 15.6 Å². The molecule has 0 aliphatic carbocycles. The summed E-state index contributed by atoms with van der Waals surface area (Å²) in [5.41, 5.74) is 1.90. The summed E-state index contributed by atoms with van der Waals surface area (Å²) in [5.74, 6) is -0.796. The van der Waals surface area contributed by atoms with Crippen molar-refractivity contribution in [2.24, 2.45) is 7.05 Å². The highest BCUT2D eigenvalue weighted by Gasteiger charge is 2.17. The number of hydrogen-bond donors (Lipinski definition) is 1. The molecule has 0 aliphatic rings. The highest BCUT2D eigenvalue weighted by Crippen LogP contribution is 2.39. The van der Waals surface area contributed by atoms with Crippen molar-refractivity contribution in [3.8, 4) is 28.7 Å². The number of halogens is 1. The van der Waals surface area contributed by atoms with Gasteiger partial charge in [0.15, 0.2) is 11.6 Å². The molecule has 4 rings (SSSR count). The monoisotopic (exact) mass is 453 g/mol. The molecule has 0 spiro atoms. The lowest BCUT2D eigenvalue weighted by molar-refractivity contribution is -0.112. The average molecular weight is 453 g/mol. The fraction of sp³-hybridized carbons (Fsp3) is 0.0741. The molecule has 0 aliphatic heterocycles. The molecular formula is C27H20FN3O3. The van der Waals surface area contributed by atoms with Gasteiger partial charge in [-0.1, -0.05) is 30.8 Å². The number of aryl methyl sites for hydroxylation is 2. The highest BCUT2D eigenvalue weighted by molar-refractivity contribution is 6.06. The van der Waals surface area contributed by atoms with Gasteiger partial charge < -0.3 is 14.6 Å². The van der Waals surface area contributed by atoms with Crippen LogP contribution in [-0.4, -0.2) is 10.5 Å². The van der Waals surface area contributed by atoms with Crippen molar-refractivity contribution in [1.29, 1.82) is 5.26 Å². The Morgan fingerprint density at radius 2 is 1.76 bits per heavy atom. The van der Waals surface area contributed by atoms with E-state index in [2.05, 4.69) is 11.9 Å². The third-order valence-corrected chi connectivity index (χ3v) is 5.33. The predicted molar refractivity (Wildman–Crippen MR) is 129 cm³/mol. The number of nitriles is 1. The van der Waals surface area contributed by atoms with Crippen LogP contribution in [0, 0.1) is 24.1 Å². The minimum absolute atomic E-state index is 0.0376. The molecule has 0 bridgehead atoms. The van der Waals surface area contributed by atoms with Crippen LogP contribution in [0.4, 0.5) is 10.1 Å². The summed E-state index contributed by atoms with van der Waals surface area (Å²) in [6.07, 6.45) is 1.66. The molecule has 7 heteroatoms. The summed E-state index contributed by atoms with van der Waals surface area (Å²) in [6.45, 7) is 5.20. The number of carbonyl (C=O) groups excluding carboxylic acids is 1. The van der Waals surface area contributed by atoms with Crippen molar-refractivity contribution >= 4 is 22.4 Å². The normalized spacial score (nSPS) is 10.5. The number of rotatable bonds is 5. The fourth-order valence-electron chi connectivity index (χ4n) is 3.60. The first-order valence-corrected chi connectivity index (χ1v) is 10.4. The number of anilines is 1. The van der Waals surface area contributed by atoms with E-state index in [1.807, 2.05) is 12.1 Å². The number of fused-ring (bicyclic) bond motifs is 1. The van der Waals surface area contributed by atoms with E-state index < -0.39 is 11.7 Å². The lowest BCUT2D eigenvalue weighted by Crippen LogP contribution is -2.16. The van der Waals surface area contributed by atoms with Crippen molar-refractivity contribution in [2.45, 2.75) is 6.92 Å². The Labute approximate surface area is 195 Å². The van der Waals surface area contributed by atoms with Gasteiger partial charge in [-0.05, 0) is 54.3 Å². The zero-order valence-electron chi connectivity index (χ0n) is 18.6. The van der Waals surface area contributed by atoms with Gasteiger partial charge in [0, 0.05) is 35.4 Å². The quantitative estimate of drug-likeness (QED) is 0.321. The summed E-state index contributed by atoms with van der Waals surface area (Å²) in [7, 11) is 1.64. The molecule has 0 unspecified atom stereocenters. The van der Waals surface area contributed by atoms with Crippen LogP contribution in [0.5, 0.6) is 11.5 Å². The summed E-state index contributed by atoms with van der Waals surface area (Å²) < 4.78 is 22.0. The van der Waals surface area contributed by atoms with Crippen molar-refractivity contribution in [1.82, 2.24) is 4.57 Å². The Morgan fingerprint density at radius 3 is 2.47 bits per heavy atom. The van der Waals surface area contributed by atoms with Gasteiger partial charge in [-0.3, -0.25) is 9.59 Å². The maximum Gasteiger partial charge on any atom is 0.265 e. The number of nitrogens with one attached hydrogen (secondary N) is 1. The molecule has 34 heavy (non-hydrogen) atoms. The molecule has 6 nitrogen and oxygen atoms in total. The van der Waals surface area contributed by atoms with E-state index in [4.69, 9.17) is 10.00 Å². The number of carbonyl (C=O) groups is 1. The van der Waals surface area contributed by atoms with E-state index >= 15 is 0 Å². The van der Waals surface area contributed by atoms with E-state index in [-0.39, 0.29) is 16.9 Å². The molecule has 168 valence electrons. The summed E-state index contributed by atoms with van der Waals surface area (Å²) >= 11 is 0. The molecule has 0 fully saturated rings. The Bertz CT molecular complexity index is 1560. The van der Waals surface area contributed by atoms with Gasteiger partial charge in [0.2, 0.25) is 0 Å². The van der Waals surface area contributed by atoms with E-state index in [9.17, 15) is 14.0 Å². The van der Waals surface area contributed by atoms with E-state index in [1.165, 1.54) is 10.6 Å². The SMILES string of the molecule is C=C(C#N)C(=O)Nc1ccc(Oc2ccc(C)cc2F)c(-c2cn(C)c(=O)c3ccccc23)c1. The molecule has 0 atom stereocenters. The first-order valence-electron chi connectivity index (χ1n) is 10.4. The van der Waals surface area contributed by atoms with Crippen LogP contribution in [0.2, 0.25) is 0 Å². The smallest absolute Gasteiger partial charge is 0.265 e. The largest absolute Gasteiger partial charge is 0.454 e. The molecule has 0 radical (unpaired) electrons. The molecule has 1 aromatic heterocycles. The minimum Gasteiger partial charge on any atom is -0.454 e. The third kappa shape index (κ3) is 4.30.